The van der Waals surface area contributed by atoms with Gasteiger partial charge >= 0.3 is 0 Å². The number of carbonyl (C=O) groups excluding carboxylic acids is 1. The maximum atomic E-state index is 12.8. The van der Waals surface area contributed by atoms with Gasteiger partial charge in [-0.25, -0.2) is 0 Å². The molecule has 23 heavy (non-hydrogen) atoms. The van der Waals surface area contributed by atoms with Crippen molar-refractivity contribution in [1.29, 1.82) is 0 Å². The Morgan fingerprint density at radius 1 is 1.26 bits per heavy atom. The molecule has 1 aromatic carbocycles. The molecular formula is C19H25N3O. The van der Waals surface area contributed by atoms with Gasteiger partial charge in [0.15, 0.2) is 0 Å². The van der Waals surface area contributed by atoms with Crippen LogP contribution >= 0.6 is 0 Å². The smallest absolute Gasteiger partial charge is 0.227 e. The van der Waals surface area contributed by atoms with Gasteiger partial charge in [0.05, 0.1) is 6.42 Å². The van der Waals surface area contributed by atoms with Crippen LogP contribution in [0, 0.1) is 11.8 Å². The van der Waals surface area contributed by atoms with Gasteiger partial charge in [0.2, 0.25) is 5.91 Å². The molecule has 3 atom stereocenters. The van der Waals surface area contributed by atoms with E-state index >= 15 is 0 Å². The van der Waals surface area contributed by atoms with Gasteiger partial charge in [0, 0.05) is 42.8 Å². The van der Waals surface area contributed by atoms with Crippen molar-refractivity contribution >= 4 is 16.8 Å². The molecule has 0 radical (unpaired) electrons. The summed E-state index contributed by atoms with van der Waals surface area (Å²) in [4.78, 5) is 14.8. The normalized spacial score (nSPS) is 26.9. The Balaban J connectivity index is 1.54. The van der Waals surface area contributed by atoms with Crippen molar-refractivity contribution in [1.82, 2.24) is 9.47 Å². The number of nitrogens with zero attached hydrogens (tertiary/aromatic N) is 2. The van der Waals surface area contributed by atoms with Crippen LogP contribution in [0.4, 0.5) is 0 Å². The van der Waals surface area contributed by atoms with Crippen LogP contribution < -0.4 is 5.73 Å². The first-order valence-electron chi connectivity index (χ1n) is 8.77. The Kier molecular flexibility index (Phi) is 3.64. The lowest BCUT2D eigenvalue weighted by Crippen LogP contribution is -2.34. The zero-order valence-electron chi connectivity index (χ0n) is 13.7. The standard InChI is InChI=1S/C19H25N3O/c1-2-21-11-14(15-5-3-4-6-18(15)21)9-19(23)22-10-13-7-8-17(20)16(13)12-22/h3-6,11,13,16-17H,2,7-10,12,20H2,1H3. The SMILES string of the molecule is CCn1cc(CC(=O)N2CC3CCC(N)C3C2)c2ccccc21. The highest BCUT2D eigenvalue weighted by Gasteiger charge is 2.42. The van der Waals surface area contributed by atoms with E-state index < -0.39 is 0 Å². The largest absolute Gasteiger partial charge is 0.347 e. The van der Waals surface area contributed by atoms with Gasteiger partial charge in [-0.3, -0.25) is 4.79 Å². The second-order valence-electron chi connectivity index (χ2n) is 7.10. The summed E-state index contributed by atoms with van der Waals surface area (Å²) >= 11 is 0. The summed E-state index contributed by atoms with van der Waals surface area (Å²) < 4.78 is 2.23. The fourth-order valence-electron chi connectivity index (χ4n) is 4.51. The average molecular weight is 311 g/mol. The summed E-state index contributed by atoms with van der Waals surface area (Å²) in [6.07, 6.45) is 4.96. The van der Waals surface area contributed by atoms with Gasteiger partial charge in [-0.1, -0.05) is 18.2 Å². The number of amides is 1. The number of hydrogen-bond acceptors (Lipinski definition) is 2. The van der Waals surface area contributed by atoms with Crippen LogP contribution in [0.5, 0.6) is 0 Å². The summed E-state index contributed by atoms with van der Waals surface area (Å²) in [5.41, 5.74) is 8.56. The maximum Gasteiger partial charge on any atom is 0.227 e. The molecule has 2 fully saturated rings. The molecule has 0 bridgehead atoms. The minimum atomic E-state index is 0.255. The van der Waals surface area contributed by atoms with E-state index in [1.54, 1.807) is 0 Å². The molecule has 1 saturated heterocycles. The first-order valence-corrected chi connectivity index (χ1v) is 8.77. The van der Waals surface area contributed by atoms with Crippen LogP contribution in [0.1, 0.15) is 25.3 Å². The fraction of sp³-hybridized carbons (Fsp3) is 0.526. The van der Waals surface area contributed by atoms with E-state index in [1.807, 2.05) is 4.90 Å². The highest BCUT2D eigenvalue weighted by molar-refractivity contribution is 5.89. The van der Waals surface area contributed by atoms with Crippen molar-refractivity contribution in [3.8, 4) is 0 Å². The molecule has 1 amide bonds. The van der Waals surface area contributed by atoms with Gasteiger partial charge < -0.3 is 15.2 Å². The van der Waals surface area contributed by atoms with Crippen molar-refractivity contribution < 1.29 is 4.79 Å². The van der Waals surface area contributed by atoms with Crippen LogP contribution in [0.25, 0.3) is 10.9 Å². The number of likely N-dealkylation sites (tertiary alicyclic amines) is 1. The molecule has 4 nitrogen and oxygen atoms in total. The van der Waals surface area contributed by atoms with Crippen LogP contribution in [-0.4, -0.2) is 34.5 Å². The zero-order valence-corrected chi connectivity index (χ0v) is 13.7. The monoisotopic (exact) mass is 311 g/mol. The van der Waals surface area contributed by atoms with E-state index in [1.165, 1.54) is 17.3 Å². The van der Waals surface area contributed by atoms with Gasteiger partial charge in [-0.2, -0.15) is 0 Å². The van der Waals surface area contributed by atoms with Crippen molar-refractivity contribution in [2.45, 2.75) is 38.8 Å². The Morgan fingerprint density at radius 2 is 2.09 bits per heavy atom. The molecule has 2 heterocycles. The third-order valence-corrected chi connectivity index (χ3v) is 5.82. The summed E-state index contributed by atoms with van der Waals surface area (Å²) in [7, 11) is 0. The van der Waals surface area contributed by atoms with Crippen LogP contribution in [0.2, 0.25) is 0 Å². The molecule has 3 unspecified atom stereocenters. The number of hydrogen-bond donors (Lipinski definition) is 1. The first-order chi connectivity index (χ1) is 11.2. The lowest BCUT2D eigenvalue weighted by Gasteiger charge is -2.18. The molecule has 2 aromatic rings. The van der Waals surface area contributed by atoms with E-state index in [-0.39, 0.29) is 5.91 Å². The predicted molar refractivity (Wildman–Crippen MR) is 92.1 cm³/mol. The van der Waals surface area contributed by atoms with Crippen molar-refractivity contribution in [3.63, 3.8) is 0 Å². The zero-order chi connectivity index (χ0) is 16.0. The summed E-state index contributed by atoms with van der Waals surface area (Å²) in [5, 5.41) is 1.21. The molecule has 122 valence electrons. The highest BCUT2D eigenvalue weighted by atomic mass is 16.2. The van der Waals surface area contributed by atoms with E-state index in [0.717, 1.165) is 31.6 Å². The van der Waals surface area contributed by atoms with Gasteiger partial charge in [-0.15, -0.1) is 0 Å². The third-order valence-electron chi connectivity index (χ3n) is 5.82. The van der Waals surface area contributed by atoms with E-state index in [0.29, 0.717) is 24.3 Å². The molecular weight excluding hydrogens is 286 g/mol. The maximum absolute atomic E-state index is 12.8. The lowest BCUT2D eigenvalue weighted by atomic mass is 9.98. The summed E-state index contributed by atoms with van der Waals surface area (Å²) in [6, 6.07) is 8.66. The van der Waals surface area contributed by atoms with E-state index in [2.05, 4.69) is 42.0 Å². The number of aromatic nitrogens is 1. The molecule has 4 rings (SSSR count). The van der Waals surface area contributed by atoms with E-state index in [4.69, 9.17) is 5.73 Å². The summed E-state index contributed by atoms with van der Waals surface area (Å²) in [6.45, 7) is 4.83. The van der Waals surface area contributed by atoms with Crippen molar-refractivity contribution in [2.24, 2.45) is 17.6 Å². The second-order valence-corrected chi connectivity index (χ2v) is 7.10. The highest BCUT2D eigenvalue weighted by Crippen LogP contribution is 2.37. The van der Waals surface area contributed by atoms with Crippen LogP contribution in [-0.2, 0) is 17.8 Å². The minimum absolute atomic E-state index is 0.255. The van der Waals surface area contributed by atoms with Crippen molar-refractivity contribution in [3.05, 3.63) is 36.0 Å². The number of aryl methyl sites for hydroxylation is 1. The number of rotatable bonds is 3. The quantitative estimate of drug-likeness (QED) is 0.946. The molecule has 4 heteroatoms. The number of benzene rings is 1. The molecule has 2 aliphatic rings. The van der Waals surface area contributed by atoms with Crippen LogP contribution in [0.15, 0.2) is 30.5 Å². The van der Waals surface area contributed by atoms with E-state index in [9.17, 15) is 4.79 Å². The Bertz CT molecular complexity index is 735. The number of fused-ring (bicyclic) bond motifs is 2. The Hall–Kier alpha value is -1.81. The third kappa shape index (κ3) is 2.45. The fourth-order valence-corrected chi connectivity index (χ4v) is 4.51. The summed E-state index contributed by atoms with van der Waals surface area (Å²) in [5.74, 6) is 1.41. The number of nitrogens with two attached hydrogens (primary N) is 1. The average Bonchev–Trinajstić information content (AvgIpc) is 3.23. The Labute approximate surface area is 137 Å². The molecule has 2 N–H and O–H groups in total. The Morgan fingerprint density at radius 3 is 2.87 bits per heavy atom. The predicted octanol–water partition coefficient (Wildman–Crippen LogP) is 2.40. The number of para-hydroxylation sites is 1. The molecule has 1 aromatic heterocycles. The van der Waals surface area contributed by atoms with Gasteiger partial charge in [-0.05, 0) is 43.2 Å². The first kappa shape index (κ1) is 14.8. The lowest BCUT2D eigenvalue weighted by molar-refractivity contribution is -0.129. The molecule has 1 aliphatic heterocycles. The molecule has 1 saturated carbocycles. The second kappa shape index (κ2) is 5.68. The minimum Gasteiger partial charge on any atom is -0.347 e. The van der Waals surface area contributed by atoms with Gasteiger partial charge in [0.1, 0.15) is 0 Å². The van der Waals surface area contributed by atoms with Gasteiger partial charge in [0.25, 0.3) is 0 Å². The van der Waals surface area contributed by atoms with Crippen LogP contribution in [0.3, 0.4) is 0 Å². The topological polar surface area (TPSA) is 51.3 Å². The molecule has 0 spiro atoms. The molecule has 1 aliphatic carbocycles. The van der Waals surface area contributed by atoms with Crippen molar-refractivity contribution in [2.75, 3.05) is 13.1 Å². The number of carbonyl (C=O) groups is 1.